The Morgan fingerprint density at radius 2 is 1.67 bits per heavy atom. The van der Waals surface area contributed by atoms with Crippen LogP contribution in [0.1, 0.15) is 27.2 Å². The maximum absolute atomic E-state index is 10.0. The molecule has 0 saturated carbocycles. The largest absolute Gasteiger partial charge is 0.300 e. The van der Waals surface area contributed by atoms with E-state index in [2.05, 4.69) is 14.7 Å². The molecule has 0 heterocycles. The van der Waals surface area contributed by atoms with Crippen LogP contribution in [0.25, 0.3) is 0 Å². The molecular formula is C7H17B3O2. The Morgan fingerprint density at radius 1 is 1.25 bits per heavy atom. The van der Waals surface area contributed by atoms with Crippen molar-refractivity contribution in [3.63, 3.8) is 0 Å². The molecule has 0 aliphatic carbocycles. The molecule has 0 unspecified atom stereocenters. The van der Waals surface area contributed by atoms with E-state index in [9.17, 15) is 9.59 Å². The average Bonchev–Trinajstić information content (AvgIpc) is 1.87. The van der Waals surface area contributed by atoms with Gasteiger partial charge in [-0.2, -0.15) is 0 Å². The maximum atomic E-state index is 10.0. The van der Waals surface area contributed by atoms with Crippen LogP contribution in [0, 0.1) is 0 Å². The summed E-state index contributed by atoms with van der Waals surface area (Å²) >= 11 is 0. The van der Waals surface area contributed by atoms with Gasteiger partial charge in [0.1, 0.15) is 11.6 Å². The first-order valence-corrected chi connectivity index (χ1v) is 4.53. The Hall–Kier alpha value is -0.465. The molecule has 0 aromatic heterocycles. The molecule has 0 aliphatic rings. The van der Waals surface area contributed by atoms with Crippen molar-refractivity contribution in [1.82, 2.24) is 0 Å². The van der Waals surface area contributed by atoms with Crippen LogP contribution in [0.5, 0.6) is 0 Å². The van der Waals surface area contributed by atoms with E-state index in [-0.39, 0.29) is 18.0 Å². The van der Waals surface area contributed by atoms with Crippen molar-refractivity contribution in [2.75, 3.05) is 0 Å². The fraction of sp³-hybridized carbons (Fsp3) is 0.714. The SMILES string of the molecule is BBBCC.CC(=O)CC(C)=O. The van der Waals surface area contributed by atoms with Gasteiger partial charge in [-0.25, -0.2) is 0 Å². The summed E-state index contributed by atoms with van der Waals surface area (Å²) in [7, 11) is 4.94. The third-order valence-corrected chi connectivity index (χ3v) is 1.20. The molecule has 12 heavy (non-hydrogen) atoms. The van der Waals surface area contributed by atoms with Crippen molar-refractivity contribution >= 4 is 33.5 Å². The van der Waals surface area contributed by atoms with Crippen LogP contribution >= 0.6 is 0 Å². The number of carbonyl (C=O) groups is 2. The summed E-state index contributed by atoms with van der Waals surface area (Å²) in [5, 5.41) is 0. The normalized spacial score (nSPS) is 7.58. The van der Waals surface area contributed by atoms with Gasteiger partial charge in [-0.05, 0) is 13.8 Å². The molecule has 0 aliphatic heterocycles. The maximum Gasteiger partial charge on any atom is 0.137 e. The molecule has 66 valence electrons. The minimum atomic E-state index is -0.0625. The summed E-state index contributed by atoms with van der Waals surface area (Å²) < 4.78 is 0. The van der Waals surface area contributed by atoms with Gasteiger partial charge < -0.3 is 0 Å². The van der Waals surface area contributed by atoms with Crippen LogP contribution in [0.15, 0.2) is 0 Å². The number of carbonyl (C=O) groups excluding carboxylic acids is 2. The van der Waals surface area contributed by atoms with E-state index in [0.717, 1.165) is 0 Å². The average molecular weight is 166 g/mol. The molecule has 0 bridgehead atoms. The summed E-state index contributed by atoms with van der Waals surface area (Å²) in [5.74, 6) is -0.125. The highest BCUT2D eigenvalue weighted by molar-refractivity contribution is 7.23. The van der Waals surface area contributed by atoms with Crippen LogP contribution in [0.2, 0.25) is 6.32 Å². The highest BCUT2D eigenvalue weighted by Crippen LogP contribution is 1.80. The number of rotatable bonds is 4. The predicted octanol–water partition coefficient (Wildman–Crippen LogP) is -0.685. The first kappa shape index (κ1) is 14.1. The first-order chi connectivity index (χ1) is 5.54. The summed E-state index contributed by atoms with van der Waals surface area (Å²) in [4.78, 5) is 20.1. The molecule has 0 rings (SSSR count). The van der Waals surface area contributed by atoms with E-state index in [1.165, 1.54) is 34.4 Å². The fourth-order valence-electron chi connectivity index (χ4n) is 0.704. The standard InChI is InChI=1S/C5H8O2.C2H9B3/c1-4(6)3-5(2)7;1-2-4-5-3/h3H2,1-2H3;4-5H,2-3H2,1H3. The fourth-order valence-corrected chi connectivity index (χ4v) is 0.704. The molecule has 2 nitrogen and oxygen atoms in total. The van der Waals surface area contributed by atoms with Crippen LogP contribution in [0.3, 0.4) is 0 Å². The van der Waals surface area contributed by atoms with E-state index < -0.39 is 0 Å². The van der Waals surface area contributed by atoms with E-state index >= 15 is 0 Å². The van der Waals surface area contributed by atoms with Gasteiger partial charge >= 0.3 is 0 Å². The molecule has 0 radical (unpaired) electrons. The Morgan fingerprint density at radius 3 is 1.67 bits per heavy atom. The zero-order valence-corrected chi connectivity index (χ0v) is 8.64. The molecule has 0 N–H and O–H groups in total. The van der Waals surface area contributed by atoms with Gasteiger partial charge in [0.05, 0.1) is 28.4 Å². The Balaban J connectivity index is 0. The predicted molar refractivity (Wildman–Crippen MR) is 59.3 cm³/mol. The first-order valence-electron chi connectivity index (χ1n) is 4.53. The third kappa shape index (κ3) is 22.7. The molecule has 0 atom stereocenters. The van der Waals surface area contributed by atoms with Crippen molar-refractivity contribution < 1.29 is 9.59 Å². The van der Waals surface area contributed by atoms with Crippen molar-refractivity contribution in [3.05, 3.63) is 0 Å². The lowest BCUT2D eigenvalue weighted by Crippen LogP contribution is -1.98. The zero-order chi connectivity index (χ0) is 9.98. The monoisotopic (exact) mass is 166 g/mol. The topological polar surface area (TPSA) is 34.1 Å². The third-order valence-electron chi connectivity index (χ3n) is 1.20. The Labute approximate surface area is 77.3 Å². The quantitative estimate of drug-likeness (QED) is 0.409. The molecule has 0 aromatic carbocycles. The highest BCUT2D eigenvalue weighted by atomic mass is 16.1. The van der Waals surface area contributed by atoms with Crippen LogP contribution in [0.4, 0.5) is 0 Å². The Kier molecular flexibility index (Phi) is 12.4. The smallest absolute Gasteiger partial charge is 0.137 e. The lowest BCUT2D eigenvalue weighted by molar-refractivity contribution is -0.124. The second kappa shape index (κ2) is 10.5. The molecule has 0 saturated heterocycles. The molecule has 0 amide bonds. The van der Waals surface area contributed by atoms with Crippen molar-refractivity contribution in [2.45, 2.75) is 33.5 Å². The summed E-state index contributed by atoms with van der Waals surface area (Å²) in [6, 6.07) is 0. The second-order valence-electron chi connectivity index (χ2n) is 2.93. The molecule has 0 fully saturated rings. The van der Waals surface area contributed by atoms with Crippen molar-refractivity contribution in [3.8, 4) is 0 Å². The molecule has 5 heteroatoms. The molecule has 0 aromatic rings. The molecule has 0 spiro atoms. The van der Waals surface area contributed by atoms with Gasteiger partial charge in [0.2, 0.25) is 0 Å². The van der Waals surface area contributed by atoms with E-state index in [4.69, 9.17) is 0 Å². The van der Waals surface area contributed by atoms with Gasteiger partial charge in [-0.3, -0.25) is 9.59 Å². The Bertz CT molecular complexity index is 123. The minimum Gasteiger partial charge on any atom is -0.300 e. The van der Waals surface area contributed by atoms with E-state index in [1.807, 2.05) is 0 Å². The van der Waals surface area contributed by atoms with Gasteiger partial charge in [-0.15, -0.1) is 0 Å². The minimum absolute atomic E-state index is 0.0625. The summed E-state index contributed by atoms with van der Waals surface area (Å²) in [6.45, 7) is 5.02. The highest BCUT2D eigenvalue weighted by Gasteiger charge is 1.94. The summed E-state index contributed by atoms with van der Waals surface area (Å²) in [6.07, 6.45) is 1.43. The van der Waals surface area contributed by atoms with Crippen LogP contribution < -0.4 is 0 Å². The molecular weight excluding hydrogens is 149 g/mol. The number of Topliss-reactive ketones (excluding diaryl/α,β-unsaturated/α-hetero) is 2. The van der Waals surface area contributed by atoms with Crippen LogP contribution in [-0.4, -0.2) is 33.5 Å². The lowest BCUT2D eigenvalue weighted by atomic mass is 9.27. The van der Waals surface area contributed by atoms with E-state index in [1.54, 1.807) is 0 Å². The van der Waals surface area contributed by atoms with Gasteiger partial charge in [0.15, 0.2) is 0 Å². The van der Waals surface area contributed by atoms with Crippen LogP contribution in [-0.2, 0) is 9.59 Å². The van der Waals surface area contributed by atoms with Gasteiger partial charge in [-0.1, -0.05) is 13.2 Å². The number of hydrogen-bond donors (Lipinski definition) is 0. The van der Waals surface area contributed by atoms with Gasteiger partial charge in [0.25, 0.3) is 0 Å². The lowest BCUT2D eigenvalue weighted by Gasteiger charge is -1.81. The zero-order valence-electron chi connectivity index (χ0n) is 8.64. The number of hydrogen-bond acceptors (Lipinski definition) is 2. The summed E-state index contributed by atoms with van der Waals surface area (Å²) in [5.41, 5.74) is 0. The second-order valence-corrected chi connectivity index (χ2v) is 2.93. The number of ketones is 2. The van der Waals surface area contributed by atoms with E-state index in [0.29, 0.717) is 0 Å². The van der Waals surface area contributed by atoms with Crippen molar-refractivity contribution in [2.24, 2.45) is 0 Å². The van der Waals surface area contributed by atoms with Crippen molar-refractivity contribution in [1.29, 1.82) is 0 Å². The van der Waals surface area contributed by atoms with Gasteiger partial charge in [0, 0.05) is 0 Å².